The second kappa shape index (κ2) is 9.34. The molecule has 7 aromatic rings. The first-order valence-corrected chi connectivity index (χ1v) is 13.2. The predicted octanol–water partition coefficient (Wildman–Crippen LogP) is 5.79. The second-order valence-corrected chi connectivity index (χ2v) is 10.1. The van der Waals surface area contributed by atoms with Crippen LogP contribution in [0.2, 0.25) is 0 Å². The molecule has 4 aromatic heterocycles. The third-order valence-corrected chi connectivity index (χ3v) is 7.52. The average molecular weight is 528 g/mol. The fourth-order valence-corrected chi connectivity index (χ4v) is 5.48. The quantitative estimate of drug-likeness (QED) is 0.283. The highest BCUT2D eigenvalue weighted by Gasteiger charge is 2.16. The lowest BCUT2D eigenvalue weighted by molar-refractivity contribution is 0.535. The van der Waals surface area contributed by atoms with E-state index in [4.69, 9.17) is 9.52 Å². The molecule has 0 unspecified atom stereocenters. The summed E-state index contributed by atoms with van der Waals surface area (Å²) in [5.41, 5.74) is 6.48. The first-order chi connectivity index (χ1) is 19.1. The maximum Gasteiger partial charge on any atom is 0.291 e. The lowest BCUT2D eigenvalue weighted by Crippen LogP contribution is -2.23. The normalized spacial score (nSPS) is 12.0. The molecule has 0 aliphatic rings. The maximum atomic E-state index is 13.0. The molecule has 0 atom stereocenters. The molecule has 7 rings (SSSR count). The number of aryl methyl sites for hydroxylation is 1. The van der Waals surface area contributed by atoms with E-state index in [1.165, 1.54) is 15.9 Å². The Kier molecular flexibility index (Phi) is 5.53. The van der Waals surface area contributed by atoms with Gasteiger partial charge >= 0.3 is 0 Å². The van der Waals surface area contributed by atoms with Gasteiger partial charge in [-0.05, 0) is 42.8 Å². The zero-order valence-electron chi connectivity index (χ0n) is 20.9. The van der Waals surface area contributed by atoms with E-state index in [9.17, 15) is 4.79 Å². The highest BCUT2D eigenvalue weighted by atomic mass is 32.1. The predicted molar refractivity (Wildman–Crippen MR) is 153 cm³/mol. The highest BCUT2D eigenvalue weighted by molar-refractivity contribution is 7.15. The van der Waals surface area contributed by atoms with Gasteiger partial charge in [0.2, 0.25) is 4.96 Å². The van der Waals surface area contributed by atoms with Crippen molar-refractivity contribution in [3.8, 4) is 39.6 Å². The van der Waals surface area contributed by atoms with Gasteiger partial charge in [0, 0.05) is 11.1 Å². The van der Waals surface area contributed by atoms with Crippen molar-refractivity contribution in [3.63, 3.8) is 0 Å². The van der Waals surface area contributed by atoms with E-state index in [0.29, 0.717) is 15.3 Å². The molecule has 0 aliphatic carbocycles. The van der Waals surface area contributed by atoms with Gasteiger partial charge in [-0.1, -0.05) is 84.1 Å². The van der Waals surface area contributed by atoms with Crippen molar-refractivity contribution in [3.05, 3.63) is 130 Å². The fourth-order valence-electron chi connectivity index (χ4n) is 4.57. The average Bonchev–Trinajstić information content (AvgIpc) is 3.76. The lowest BCUT2D eigenvalue weighted by Gasteiger charge is -2.08. The van der Waals surface area contributed by atoms with Gasteiger partial charge in [0.15, 0.2) is 5.82 Å². The van der Waals surface area contributed by atoms with Crippen molar-refractivity contribution >= 4 is 22.4 Å². The van der Waals surface area contributed by atoms with E-state index in [-0.39, 0.29) is 5.56 Å². The van der Waals surface area contributed by atoms with E-state index in [0.717, 1.165) is 45.1 Å². The minimum atomic E-state index is -0.190. The van der Waals surface area contributed by atoms with Crippen LogP contribution in [0.15, 0.2) is 113 Å². The summed E-state index contributed by atoms with van der Waals surface area (Å²) in [6.07, 6.45) is 3.46. The highest BCUT2D eigenvalue weighted by Crippen LogP contribution is 2.29. The van der Waals surface area contributed by atoms with Crippen LogP contribution < -0.4 is 10.1 Å². The Morgan fingerprint density at radius 2 is 1.56 bits per heavy atom. The fraction of sp³-hybridized carbons (Fsp3) is 0.0323. The summed E-state index contributed by atoms with van der Waals surface area (Å²) < 4.78 is 9.23. The SMILES string of the molecule is Cc1occc1-c1nc2s/c(=C\c3ccc(-n4nc(-c5ccccc5)cc4-c4ccccc4)cc3)c(=O)n2n1. The number of hydrogen-bond acceptors (Lipinski definition) is 6. The monoisotopic (exact) mass is 527 g/mol. The molecular formula is C31H21N5O2S. The maximum absolute atomic E-state index is 13.0. The number of rotatable bonds is 5. The zero-order valence-corrected chi connectivity index (χ0v) is 21.7. The number of nitrogens with zero attached hydrogens (tertiary/aromatic N) is 5. The molecule has 0 spiro atoms. The summed E-state index contributed by atoms with van der Waals surface area (Å²) in [5.74, 6) is 1.21. The van der Waals surface area contributed by atoms with Crippen molar-refractivity contribution < 1.29 is 4.42 Å². The molecule has 0 bridgehead atoms. The molecule has 3 aromatic carbocycles. The van der Waals surface area contributed by atoms with Crippen LogP contribution in [-0.2, 0) is 0 Å². The van der Waals surface area contributed by atoms with E-state index in [1.54, 1.807) is 12.3 Å². The summed E-state index contributed by atoms with van der Waals surface area (Å²) in [6.45, 7) is 1.85. The summed E-state index contributed by atoms with van der Waals surface area (Å²) in [7, 11) is 0. The molecule has 0 radical (unpaired) electrons. The Balaban J connectivity index is 1.25. The Hall–Kier alpha value is -5.08. The van der Waals surface area contributed by atoms with Crippen LogP contribution in [-0.4, -0.2) is 24.4 Å². The minimum Gasteiger partial charge on any atom is -0.469 e. The van der Waals surface area contributed by atoms with Gasteiger partial charge < -0.3 is 4.42 Å². The van der Waals surface area contributed by atoms with Crippen LogP contribution in [0.25, 0.3) is 50.6 Å². The first kappa shape index (κ1) is 23.1. The Morgan fingerprint density at radius 3 is 2.23 bits per heavy atom. The van der Waals surface area contributed by atoms with Gasteiger partial charge in [-0.15, -0.1) is 5.10 Å². The van der Waals surface area contributed by atoms with E-state index in [2.05, 4.69) is 40.4 Å². The Labute approximate surface area is 226 Å². The number of fused-ring (bicyclic) bond motifs is 1. The molecule has 188 valence electrons. The second-order valence-electron chi connectivity index (χ2n) is 9.09. The van der Waals surface area contributed by atoms with Crippen molar-refractivity contribution in [1.82, 2.24) is 24.4 Å². The number of thiazole rings is 1. The van der Waals surface area contributed by atoms with E-state index >= 15 is 0 Å². The first-order valence-electron chi connectivity index (χ1n) is 12.4. The van der Waals surface area contributed by atoms with E-state index < -0.39 is 0 Å². The van der Waals surface area contributed by atoms with Gasteiger partial charge in [0.05, 0.1) is 33.4 Å². The summed E-state index contributed by atoms with van der Waals surface area (Å²) in [6, 6.07) is 32.3. The molecule has 8 heteroatoms. The lowest BCUT2D eigenvalue weighted by atomic mass is 10.1. The van der Waals surface area contributed by atoms with Gasteiger partial charge in [0.25, 0.3) is 5.56 Å². The number of furan rings is 1. The standard InChI is InChI=1S/C31H21N5O2S/c1-20-25(16-17-38-20)29-32-31-36(34-29)30(37)28(39-31)18-21-12-14-24(15-13-21)35-27(23-10-6-3-7-11-23)19-26(33-35)22-8-4-2-5-9-22/h2-19H,1H3/b28-18-. The molecule has 4 heterocycles. The Bertz CT molecular complexity index is 2040. The number of hydrogen-bond donors (Lipinski definition) is 0. The number of aromatic nitrogens is 5. The van der Waals surface area contributed by atoms with Crippen molar-refractivity contribution in [2.45, 2.75) is 6.92 Å². The largest absolute Gasteiger partial charge is 0.469 e. The molecule has 0 N–H and O–H groups in total. The summed E-state index contributed by atoms with van der Waals surface area (Å²) in [4.78, 5) is 18.1. The van der Waals surface area contributed by atoms with Gasteiger partial charge in [-0.2, -0.15) is 14.6 Å². The number of benzene rings is 3. The molecule has 0 saturated carbocycles. The molecule has 7 nitrogen and oxygen atoms in total. The molecule has 0 amide bonds. The molecular weight excluding hydrogens is 506 g/mol. The third kappa shape index (κ3) is 4.17. The molecule has 0 fully saturated rings. The van der Waals surface area contributed by atoms with Crippen LogP contribution in [0.3, 0.4) is 0 Å². The van der Waals surface area contributed by atoms with Gasteiger partial charge in [0.1, 0.15) is 5.76 Å². The van der Waals surface area contributed by atoms with Crippen LogP contribution in [0.4, 0.5) is 0 Å². The summed E-state index contributed by atoms with van der Waals surface area (Å²) in [5, 5.41) is 9.35. The molecule has 39 heavy (non-hydrogen) atoms. The van der Waals surface area contributed by atoms with Crippen LogP contribution in [0.5, 0.6) is 0 Å². The van der Waals surface area contributed by atoms with Crippen molar-refractivity contribution in [2.75, 3.05) is 0 Å². The topological polar surface area (TPSA) is 78.2 Å². The van der Waals surface area contributed by atoms with Crippen LogP contribution in [0, 0.1) is 6.92 Å². The molecule has 0 saturated heterocycles. The molecule has 0 aliphatic heterocycles. The van der Waals surface area contributed by atoms with Gasteiger partial charge in [-0.3, -0.25) is 4.79 Å². The third-order valence-electron chi connectivity index (χ3n) is 6.57. The van der Waals surface area contributed by atoms with Crippen LogP contribution in [0.1, 0.15) is 11.3 Å². The van der Waals surface area contributed by atoms with Crippen molar-refractivity contribution in [2.24, 2.45) is 0 Å². The van der Waals surface area contributed by atoms with Gasteiger partial charge in [-0.25, -0.2) is 4.68 Å². The van der Waals surface area contributed by atoms with Crippen LogP contribution >= 0.6 is 11.3 Å². The minimum absolute atomic E-state index is 0.190. The Morgan fingerprint density at radius 1 is 0.846 bits per heavy atom. The smallest absolute Gasteiger partial charge is 0.291 e. The van der Waals surface area contributed by atoms with E-state index in [1.807, 2.05) is 78.3 Å². The zero-order chi connectivity index (χ0) is 26.3. The van der Waals surface area contributed by atoms with Crippen molar-refractivity contribution in [1.29, 1.82) is 0 Å². The summed E-state index contributed by atoms with van der Waals surface area (Å²) >= 11 is 1.32.